The van der Waals surface area contributed by atoms with Crippen LogP contribution in [-0.2, 0) is 30.4 Å². The molecule has 1 aromatic rings. The molecule has 0 saturated heterocycles. The van der Waals surface area contributed by atoms with Crippen molar-refractivity contribution in [2.75, 3.05) is 0 Å². The monoisotopic (exact) mass is 423 g/mol. The first-order chi connectivity index (χ1) is 14.0. The van der Waals surface area contributed by atoms with E-state index in [2.05, 4.69) is 0 Å². The fourth-order valence-corrected chi connectivity index (χ4v) is 2.75. The fourth-order valence-electron chi connectivity index (χ4n) is 2.75. The van der Waals surface area contributed by atoms with Crippen molar-refractivity contribution in [1.29, 1.82) is 0 Å². The zero-order valence-corrected chi connectivity index (χ0v) is 16.1. The van der Waals surface area contributed by atoms with Gasteiger partial charge in [0.1, 0.15) is 6.04 Å². The van der Waals surface area contributed by atoms with Gasteiger partial charge in [-0.2, -0.15) is 0 Å². The molecule has 11 nitrogen and oxygen atoms in total. The van der Waals surface area contributed by atoms with Gasteiger partial charge in [0, 0.05) is 12.8 Å². The Morgan fingerprint density at radius 2 is 1.30 bits per heavy atom. The standard InChI is InChI=1S/C19H25N3O8/c20-12(6-8-15(23)24)17(27)22(14(19(29)30)7-9-16(25)26)18(28)13(21)10-11-4-2-1-3-5-11/h1-5,12-14H,6-10,20-21H2,(H,23,24)(H,25,26)(H,29,30). The van der Waals surface area contributed by atoms with E-state index in [4.69, 9.17) is 21.7 Å². The summed E-state index contributed by atoms with van der Waals surface area (Å²) in [5, 5.41) is 27.1. The average molecular weight is 423 g/mol. The summed E-state index contributed by atoms with van der Waals surface area (Å²) < 4.78 is 0. The molecular weight excluding hydrogens is 398 g/mol. The van der Waals surface area contributed by atoms with Crippen molar-refractivity contribution in [2.45, 2.75) is 50.2 Å². The number of carboxylic acids is 3. The number of imide groups is 1. The average Bonchev–Trinajstić information content (AvgIpc) is 2.68. The number of nitrogens with two attached hydrogens (primary N) is 2. The number of carbonyl (C=O) groups is 5. The van der Waals surface area contributed by atoms with Crippen molar-refractivity contribution in [3.8, 4) is 0 Å². The molecule has 0 aliphatic rings. The van der Waals surface area contributed by atoms with Crippen LogP contribution in [0.15, 0.2) is 30.3 Å². The molecule has 0 spiro atoms. The normalized spacial score (nSPS) is 13.7. The fraction of sp³-hybridized carbons (Fsp3) is 0.421. The van der Waals surface area contributed by atoms with Crippen LogP contribution in [0, 0.1) is 0 Å². The van der Waals surface area contributed by atoms with Crippen molar-refractivity contribution >= 4 is 29.7 Å². The number of carbonyl (C=O) groups excluding carboxylic acids is 2. The summed E-state index contributed by atoms with van der Waals surface area (Å²) in [6.45, 7) is 0. The van der Waals surface area contributed by atoms with E-state index in [-0.39, 0.29) is 12.8 Å². The number of benzene rings is 1. The van der Waals surface area contributed by atoms with E-state index in [9.17, 15) is 29.1 Å². The maximum Gasteiger partial charge on any atom is 0.326 e. The summed E-state index contributed by atoms with van der Waals surface area (Å²) in [5.41, 5.74) is 12.3. The van der Waals surface area contributed by atoms with Gasteiger partial charge >= 0.3 is 17.9 Å². The van der Waals surface area contributed by atoms with E-state index >= 15 is 0 Å². The predicted molar refractivity (Wildman–Crippen MR) is 103 cm³/mol. The second kappa shape index (κ2) is 11.6. The Kier molecular flexibility index (Phi) is 9.59. The molecule has 3 unspecified atom stereocenters. The van der Waals surface area contributed by atoms with Gasteiger partial charge in [-0.05, 0) is 24.8 Å². The van der Waals surface area contributed by atoms with Gasteiger partial charge in [0.25, 0.3) is 0 Å². The van der Waals surface area contributed by atoms with Gasteiger partial charge in [0.2, 0.25) is 11.8 Å². The first-order valence-electron chi connectivity index (χ1n) is 9.13. The van der Waals surface area contributed by atoms with Crippen LogP contribution in [0.1, 0.15) is 31.2 Å². The highest BCUT2D eigenvalue weighted by Crippen LogP contribution is 2.15. The predicted octanol–water partition coefficient (Wildman–Crippen LogP) is -0.578. The molecule has 7 N–H and O–H groups in total. The quantitative estimate of drug-likeness (QED) is 0.289. The summed E-state index contributed by atoms with van der Waals surface area (Å²) in [4.78, 5) is 59.4. The van der Waals surface area contributed by atoms with Gasteiger partial charge in [-0.25, -0.2) is 4.79 Å². The number of amides is 2. The third-order valence-corrected chi connectivity index (χ3v) is 4.31. The highest BCUT2D eigenvalue weighted by atomic mass is 16.4. The van der Waals surface area contributed by atoms with Crippen LogP contribution in [-0.4, -0.2) is 68.1 Å². The maximum atomic E-state index is 12.9. The molecule has 2 amide bonds. The second-order valence-electron chi connectivity index (χ2n) is 6.67. The first-order valence-corrected chi connectivity index (χ1v) is 9.13. The van der Waals surface area contributed by atoms with Crippen molar-refractivity contribution in [2.24, 2.45) is 11.5 Å². The minimum absolute atomic E-state index is 0.000906. The lowest BCUT2D eigenvalue weighted by Gasteiger charge is -2.31. The van der Waals surface area contributed by atoms with Gasteiger partial charge in [-0.15, -0.1) is 0 Å². The van der Waals surface area contributed by atoms with Crippen LogP contribution < -0.4 is 11.5 Å². The minimum Gasteiger partial charge on any atom is -0.481 e. The van der Waals surface area contributed by atoms with E-state index in [1.54, 1.807) is 30.3 Å². The van der Waals surface area contributed by atoms with Gasteiger partial charge < -0.3 is 26.8 Å². The van der Waals surface area contributed by atoms with E-state index in [0.29, 0.717) is 10.5 Å². The molecule has 0 heterocycles. The molecule has 0 aliphatic carbocycles. The van der Waals surface area contributed by atoms with Crippen molar-refractivity contribution in [3.05, 3.63) is 35.9 Å². The minimum atomic E-state index is -1.81. The largest absolute Gasteiger partial charge is 0.481 e. The van der Waals surface area contributed by atoms with Crippen LogP contribution in [0.5, 0.6) is 0 Å². The summed E-state index contributed by atoms with van der Waals surface area (Å²) in [6.07, 6.45) is -1.98. The molecule has 164 valence electrons. The molecule has 3 atom stereocenters. The smallest absolute Gasteiger partial charge is 0.326 e. The molecular formula is C19H25N3O8. The Labute approximate surface area is 172 Å². The first kappa shape index (κ1) is 24.7. The third kappa shape index (κ3) is 7.60. The number of carboxylic acid groups (broad SMARTS) is 3. The maximum absolute atomic E-state index is 12.9. The zero-order valence-electron chi connectivity index (χ0n) is 16.1. The molecule has 0 fully saturated rings. The number of hydrogen-bond acceptors (Lipinski definition) is 7. The van der Waals surface area contributed by atoms with E-state index in [0.717, 1.165) is 0 Å². The van der Waals surface area contributed by atoms with Gasteiger partial charge in [-0.3, -0.25) is 24.1 Å². The lowest BCUT2D eigenvalue weighted by atomic mass is 10.0. The van der Waals surface area contributed by atoms with E-state index in [1.807, 2.05) is 0 Å². The molecule has 1 aromatic carbocycles. The Morgan fingerprint density at radius 3 is 1.80 bits per heavy atom. The van der Waals surface area contributed by atoms with Crippen LogP contribution in [0.2, 0.25) is 0 Å². The zero-order chi connectivity index (χ0) is 22.8. The van der Waals surface area contributed by atoms with Gasteiger partial charge in [-0.1, -0.05) is 30.3 Å². The lowest BCUT2D eigenvalue weighted by Crippen LogP contribution is -2.58. The molecule has 30 heavy (non-hydrogen) atoms. The van der Waals surface area contributed by atoms with Gasteiger partial charge in [0.05, 0.1) is 12.1 Å². The van der Waals surface area contributed by atoms with Crippen LogP contribution in [0.25, 0.3) is 0 Å². The molecule has 0 aliphatic heterocycles. The number of hydrogen-bond donors (Lipinski definition) is 5. The Morgan fingerprint density at radius 1 is 0.800 bits per heavy atom. The SMILES string of the molecule is NC(CCC(=O)O)C(=O)N(C(=O)C(N)Cc1ccccc1)C(CCC(=O)O)C(=O)O. The lowest BCUT2D eigenvalue weighted by molar-refractivity contribution is -0.160. The number of rotatable bonds is 12. The summed E-state index contributed by atoms with van der Waals surface area (Å²) >= 11 is 0. The van der Waals surface area contributed by atoms with E-state index in [1.165, 1.54) is 0 Å². The van der Waals surface area contributed by atoms with E-state index < -0.39 is 67.1 Å². The molecule has 0 bridgehead atoms. The van der Waals surface area contributed by atoms with Crippen LogP contribution in [0.4, 0.5) is 0 Å². The summed E-state index contributed by atoms with van der Waals surface area (Å²) in [6, 6.07) is 3.98. The highest BCUT2D eigenvalue weighted by molar-refractivity contribution is 6.03. The Bertz CT molecular complexity index is 783. The third-order valence-electron chi connectivity index (χ3n) is 4.31. The number of aliphatic carboxylic acids is 3. The second-order valence-corrected chi connectivity index (χ2v) is 6.67. The highest BCUT2D eigenvalue weighted by Gasteiger charge is 2.39. The molecule has 1 rings (SSSR count). The topological polar surface area (TPSA) is 201 Å². The van der Waals surface area contributed by atoms with Gasteiger partial charge in [0.15, 0.2) is 0 Å². The summed E-state index contributed by atoms with van der Waals surface area (Å²) in [5.74, 6) is -6.30. The number of nitrogens with zero attached hydrogens (tertiary/aromatic N) is 1. The molecule has 0 saturated carbocycles. The molecule has 11 heteroatoms. The Hall–Kier alpha value is -3.31. The van der Waals surface area contributed by atoms with Crippen molar-refractivity contribution in [1.82, 2.24) is 4.90 Å². The summed E-state index contributed by atoms with van der Waals surface area (Å²) in [7, 11) is 0. The van der Waals surface area contributed by atoms with Crippen molar-refractivity contribution < 1.29 is 39.3 Å². The van der Waals surface area contributed by atoms with Crippen LogP contribution in [0.3, 0.4) is 0 Å². The Balaban J connectivity index is 3.16. The van der Waals surface area contributed by atoms with Crippen molar-refractivity contribution in [3.63, 3.8) is 0 Å². The van der Waals surface area contributed by atoms with Crippen LogP contribution >= 0.6 is 0 Å². The molecule has 0 aromatic heterocycles. The molecule has 0 radical (unpaired) electrons.